The molecule has 2 aromatic heterocycles. The van der Waals surface area contributed by atoms with Gasteiger partial charge in [0.15, 0.2) is 0 Å². The van der Waals surface area contributed by atoms with Crippen LogP contribution >= 0.6 is 0 Å². The Kier molecular flexibility index (Phi) is 2.45. The third-order valence-corrected chi connectivity index (χ3v) is 2.69. The Morgan fingerprint density at radius 1 is 1.56 bits per heavy atom. The summed E-state index contributed by atoms with van der Waals surface area (Å²) in [7, 11) is 0. The van der Waals surface area contributed by atoms with Crippen molar-refractivity contribution in [3.8, 4) is 6.07 Å². The molecule has 0 unspecified atom stereocenters. The van der Waals surface area contributed by atoms with Gasteiger partial charge < -0.3 is 4.98 Å². The molecule has 0 amide bonds. The lowest BCUT2D eigenvalue weighted by atomic mass is 10.1. The SMILES string of the molecule is CCc1cc2c(C)c(C#N)c(=O)[nH]c2cn1. The minimum atomic E-state index is -0.349. The summed E-state index contributed by atoms with van der Waals surface area (Å²) >= 11 is 0. The van der Waals surface area contributed by atoms with E-state index < -0.39 is 0 Å². The maximum Gasteiger partial charge on any atom is 0.266 e. The van der Waals surface area contributed by atoms with Gasteiger partial charge in [0.25, 0.3) is 5.56 Å². The van der Waals surface area contributed by atoms with Crippen LogP contribution < -0.4 is 5.56 Å². The molecule has 1 N–H and O–H groups in total. The summed E-state index contributed by atoms with van der Waals surface area (Å²) in [4.78, 5) is 18.4. The lowest BCUT2D eigenvalue weighted by molar-refractivity contribution is 1.04. The molecule has 0 saturated heterocycles. The third kappa shape index (κ3) is 1.47. The number of aryl methyl sites for hydroxylation is 2. The smallest absolute Gasteiger partial charge is 0.266 e. The number of pyridine rings is 2. The van der Waals surface area contributed by atoms with Crippen molar-refractivity contribution in [3.63, 3.8) is 0 Å². The number of rotatable bonds is 1. The molecule has 4 heteroatoms. The molecule has 0 aromatic carbocycles. The van der Waals surface area contributed by atoms with Crippen LogP contribution in [0.15, 0.2) is 17.1 Å². The number of nitrogens with zero attached hydrogens (tertiary/aromatic N) is 2. The van der Waals surface area contributed by atoms with Crippen molar-refractivity contribution in [2.75, 3.05) is 0 Å². The van der Waals surface area contributed by atoms with Crippen LogP contribution in [0.3, 0.4) is 0 Å². The van der Waals surface area contributed by atoms with E-state index in [1.165, 1.54) is 0 Å². The lowest BCUT2D eigenvalue weighted by Crippen LogP contribution is -2.12. The van der Waals surface area contributed by atoms with Crippen LogP contribution in [0, 0.1) is 18.3 Å². The molecule has 2 rings (SSSR count). The number of hydrogen-bond acceptors (Lipinski definition) is 3. The van der Waals surface area contributed by atoms with E-state index in [2.05, 4.69) is 9.97 Å². The number of aromatic amines is 1. The molecule has 0 fully saturated rings. The minimum absolute atomic E-state index is 0.181. The summed E-state index contributed by atoms with van der Waals surface area (Å²) in [6.07, 6.45) is 2.47. The molecule has 0 aliphatic heterocycles. The Balaban J connectivity index is 2.90. The van der Waals surface area contributed by atoms with Gasteiger partial charge in [-0.3, -0.25) is 9.78 Å². The Hall–Kier alpha value is -2.15. The van der Waals surface area contributed by atoms with Gasteiger partial charge in [-0.25, -0.2) is 0 Å². The molecule has 0 atom stereocenters. The second-order valence-electron chi connectivity index (χ2n) is 3.64. The molecule has 0 saturated carbocycles. The highest BCUT2D eigenvalue weighted by Crippen LogP contribution is 2.17. The van der Waals surface area contributed by atoms with Gasteiger partial charge in [-0.1, -0.05) is 6.92 Å². The van der Waals surface area contributed by atoms with Crippen LogP contribution in [0.1, 0.15) is 23.7 Å². The van der Waals surface area contributed by atoms with Crippen molar-refractivity contribution in [2.24, 2.45) is 0 Å². The van der Waals surface area contributed by atoms with Gasteiger partial charge in [0, 0.05) is 11.1 Å². The summed E-state index contributed by atoms with van der Waals surface area (Å²) < 4.78 is 0. The van der Waals surface area contributed by atoms with E-state index in [1.807, 2.05) is 19.1 Å². The van der Waals surface area contributed by atoms with Crippen LogP contribution in [-0.2, 0) is 6.42 Å². The topological polar surface area (TPSA) is 69.5 Å². The predicted molar refractivity (Wildman–Crippen MR) is 61.2 cm³/mol. The van der Waals surface area contributed by atoms with Crippen molar-refractivity contribution in [2.45, 2.75) is 20.3 Å². The molecule has 0 radical (unpaired) electrons. The van der Waals surface area contributed by atoms with E-state index in [4.69, 9.17) is 5.26 Å². The van der Waals surface area contributed by atoms with Crippen molar-refractivity contribution in [1.82, 2.24) is 9.97 Å². The molecule has 0 aliphatic rings. The highest BCUT2D eigenvalue weighted by atomic mass is 16.1. The van der Waals surface area contributed by atoms with E-state index in [0.717, 1.165) is 23.1 Å². The Morgan fingerprint density at radius 3 is 2.94 bits per heavy atom. The number of H-pyrrole nitrogens is 1. The van der Waals surface area contributed by atoms with Gasteiger partial charge >= 0.3 is 0 Å². The first-order valence-electron chi connectivity index (χ1n) is 5.09. The maximum absolute atomic E-state index is 11.5. The lowest BCUT2D eigenvalue weighted by Gasteiger charge is -2.04. The molecule has 4 nitrogen and oxygen atoms in total. The Labute approximate surface area is 92.6 Å². The second-order valence-corrected chi connectivity index (χ2v) is 3.64. The molecule has 0 spiro atoms. The van der Waals surface area contributed by atoms with Crippen molar-refractivity contribution in [3.05, 3.63) is 39.4 Å². The largest absolute Gasteiger partial charge is 0.319 e. The molecular formula is C12H11N3O. The van der Waals surface area contributed by atoms with Gasteiger partial charge in [-0.15, -0.1) is 0 Å². The van der Waals surface area contributed by atoms with Crippen molar-refractivity contribution < 1.29 is 0 Å². The first-order valence-corrected chi connectivity index (χ1v) is 5.09. The summed E-state index contributed by atoms with van der Waals surface area (Å²) in [6, 6.07) is 3.85. The van der Waals surface area contributed by atoms with Crippen molar-refractivity contribution in [1.29, 1.82) is 5.26 Å². The summed E-state index contributed by atoms with van der Waals surface area (Å²) in [5.41, 5.74) is 2.18. The van der Waals surface area contributed by atoms with Gasteiger partial charge in [-0.05, 0) is 25.0 Å². The first-order chi connectivity index (χ1) is 7.67. The number of aromatic nitrogens is 2. The molecule has 2 heterocycles. The fraction of sp³-hybridized carbons (Fsp3) is 0.250. The maximum atomic E-state index is 11.5. The quantitative estimate of drug-likeness (QED) is 0.783. The van der Waals surface area contributed by atoms with Crippen LogP contribution in [0.25, 0.3) is 10.9 Å². The van der Waals surface area contributed by atoms with E-state index in [1.54, 1.807) is 13.1 Å². The second kappa shape index (κ2) is 3.78. The van der Waals surface area contributed by atoms with Crippen LogP contribution in [0.4, 0.5) is 0 Å². The number of fused-ring (bicyclic) bond motifs is 1. The molecule has 80 valence electrons. The predicted octanol–water partition coefficient (Wildman–Crippen LogP) is 1.67. The van der Waals surface area contributed by atoms with E-state index in [-0.39, 0.29) is 11.1 Å². The number of nitrogens with one attached hydrogen (secondary N) is 1. The monoisotopic (exact) mass is 213 g/mol. The van der Waals surface area contributed by atoms with E-state index in [9.17, 15) is 4.79 Å². The van der Waals surface area contributed by atoms with Gasteiger partial charge in [0.2, 0.25) is 0 Å². The van der Waals surface area contributed by atoms with Gasteiger partial charge in [0.05, 0.1) is 11.7 Å². The standard InChI is InChI=1S/C12H11N3O/c1-3-8-4-9-7(2)10(5-13)12(16)15-11(9)6-14-8/h4,6H,3H2,1-2H3,(H,15,16). The third-order valence-electron chi connectivity index (χ3n) is 2.69. The molecule has 0 aliphatic carbocycles. The van der Waals surface area contributed by atoms with Crippen molar-refractivity contribution >= 4 is 10.9 Å². The van der Waals surface area contributed by atoms with Crippen LogP contribution in [-0.4, -0.2) is 9.97 Å². The molecule has 2 aromatic rings. The van der Waals surface area contributed by atoms with Crippen LogP contribution in [0.5, 0.6) is 0 Å². The summed E-state index contributed by atoms with van der Waals surface area (Å²) in [5, 5.41) is 9.79. The fourth-order valence-corrected chi connectivity index (χ4v) is 1.73. The molecular weight excluding hydrogens is 202 g/mol. The Bertz CT molecular complexity index is 650. The van der Waals surface area contributed by atoms with E-state index >= 15 is 0 Å². The molecule has 0 bridgehead atoms. The normalized spacial score (nSPS) is 10.3. The summed E-state index contributed by atoms with van der Waals surface area (Å²) in [5.74, 6) is 0. The molecule has 16 heavy (non-hydrogen) atoms. The van der Waals surface area contributed by atoms with E-state index in [0.29, 0.717) is 5.52 Å². The summed E-state index contributed by atoms with van der Waals surface area (Å²) in [6.45, 7) is 3.80. The average Bonchev–Trinajstić information content (AvgIpc) is 2.29. The van der Waals surface area contributed by atoms with Gasteiger partial charge in [0.1, 0.15) is 11.6 Å². The highest BCUT2D eigenvalue weighted by Gasteiger charge is 2.08. The number of hydrogen-bond donors (Lipinski definition) is 1. The highest BCUT2D eigenvalue weighted by molar-refractivity contribution is 5.83. The zero-order valence-corrected chi connectivity index (χ0v) is 9.16. The Morgan fingerprint density at radius 2 is 2.31 bits per heavy atom. The first kappa shape index (κ1) is 10.4. The number of nitriles is 1. The van der Waals surface area contributed by atoms with Crippen LogP contribution in [0.2, 0.25) is 0 Å². The average molecular weight is 213 g/mol. The van der Waals surface area contributed by atoms with Gasteiger partial charge in [-0.2, -0.15) is 5.26 Å². The zero-order chi connectivity index (χ0) is 11.7. The zero-order valence-electron chi connectivity index (χ0n) is 9.16. The minimum Gasteiger partial charge on any atom is -0.319 e. The fourth-order valence-electron chi connectivity index (χ4n) is 1.73.